The van der Waals surface area contributed by atoms with Crippen molar-refractivity contribution in [3.63, 3.8) is 0 Å². The molecule has 0 radical (unpaired) electrons. The summed E-state index contributed by atoms with van der Waals surface area (Å²) < 4.78 is 33.9. The molecule has 0 aliphatic heterocycles. The van der Waals surface area contributed by atoms with E-state index in [-0.39, 0.29) is 29.1 Å². The molecule has 1 aliphatic carbocycles. The molecule has 12 nitrogen and oxygen atoms in total. The van der Waals surface area contributed by atoms with Crippen LogP contribution in [0.2, 0.25) is 0 Å². The van der Waals surface area contributed by atoms with Gasteiger partial charge in [0.15, 0.2) is 22.4 Å². The average molecular weight is 688 g/mol. The molecule has 3 aromatic heterocycles. The summed E-state index contributed by atoms with van der Waals surface area (Å²) >= 11 is 1.20. The van der Waals surface area contributed by atoms with Crippen molar-refractivity contribution in [1.82, 2.24) is 30.2 Å². The molecule has 0 fully saturated rings. The normalized spacial score (nSPS) is 14.0. The first-order valence-corrected chi connectivity index (χ1v) is 16.2. The van der Waals surface area contributed by atoms with Gasteiger partial charge in [0.05, 0.1) is 17.8 Å². The van der Waals surface area contributed by atoms with Crippen LogP contribution in [0.5, 0.6) is 0 Å². The van der Waals surface area contributed by atoms with Crippen molar-refractivity contribution >= 4 is 45.8 Å². The first-order chi connectivity index (χ1) is 23.3. The third-order valence-electron chi connectivity index (χ3n) is 7.89. The van der Waals surface area contributed by atoms with Gasteiger partial charge in [-0.3, -0.25) is 19.7 Å². The van der Waals surface area contributed by atoms with Gasteiger partial charge in [0.25, 0.3) is 17.7 Å². The van der Waals surface area contributed by atoms with E-state index < -0.39 is 47.0 Å². The van der Waals surface area contributed by atoms with E-state index in [1.165, 1.54) is 40.4 Å². The van der Waals surface area contributed by atoms with E-state index >= 15 is 0 Å². The molecular formula is C34H31F2N7O5S. The Morgan fingerprint density at radius 1 is 1.02 bits per heavy atom. The van der Waals surface area contributed by atoms with Crippen LogP contribution >= 0.6 is 11.3 Å². The molecule has 3 N–H and O–H groups in total. The number of thiazole rings is 1. The van der Waals surface area contributed by atoms with Crippen LogP contribution in [0.3, 0.4) is 0 Å². The van der Waals surface area contributed by atoms with E-state index in [9.17, 15) is 28.0 Å². The maximum Gasteiger partial charge on any atom is 0.338 e. The number of ether oxygens (including phenoxy) is 1. The molecule has 2 aromatic carbocycles. The Labute approximate surface area is 282 Å². The largest absolute Gasteiger partial charge is 0.456 e. The summed E-state index contributed by atoms with van der Waals surface area (Å²) in [6.07, 6.45) is 3.91. The number of anilines is 1. The van der Waals surface area contributed by atoms with Crippen LogP contribution in [-0.4, -0.2) is 48.9 Å². The molecule has 15 heteroatoms. The molecule has 0 bridgehead atoms. The molecule has 0 spiro atoms. The summed E-state index contributed by atoms with van der Waals surface area (Å²) in [5.41, 5.74) is 2.28. The number of nitrogens with zero attached hydrogens (tertiary/aromatic N) is 4. The summed E-state index contributed by atoms with van der Waals surface area (Å²) in [4.78, 5) is 61.6. The lowest BCUT2D eigenvalue weighted by molar-refractivity contribution is 0.00682. The van der Waals surface area contributed by atoms with Gasteiger partial charge in [0.1, 0.15) is 22.6 Å². The van der Waals surface area contributed by atoms with Gasteiger partial charge in [0.2, 0.25) is 0 Å². The topological polar surface area (TPSA) is 157 Å². The van der Waals surface area contributed by atoms with Crippen LogP contribution in [0, 0.1) is 18.6 Å². The number of hydrogen-bond donors (Lipinski definition) is 3. The smallest absolute Gasteiger partial charge is 0.338 e. The minimum atomic E-state index is -1.06. The number of rotatable bonds is 8. The highest BCUT2D eigenvalue weighted by molar-refractivity contribution is 7.13. The number of carbonyl (C=O) groups excluding carboxylic acids is 4. The maximum absolute atomic E-state index is 13.9. The van der Waals surface area contributed by atoms with E-state index in [1.54, 1.807) is 38.3 Å². The number of amides is 3. The van der Waals surface area contributed by atoms with Crippen LogP contribution in [0.1, 0.15) is 97.2 Å². The molecule has 3 amide bonds. The van der Waals surface area contributed by atoms with Crippen LogP contribution in [0.4, 0.5) is 13.9 Å². The van der Waals surface area contributed by atoms with Gasteiger partial charge < -0.3 is 15.4 Å². The van der Waals surface area contributed by atoms with Crippen molar-refractivity contribution in [2.45, 2.75) is 58.7 Å². The lowest BCUT2D eigenvalue weighted by Gasteiger charge is -2.21. The number of hydrogen-bond acceptors (Lipinski definition) is 9. The van der Waals surface area contributed by atoms with E-state index in [1.807, 2.05) is 6.92 Å². The number of fused-ring (bicyclic) bond motifs is 2. The third-order valence-corrected chi connectivity index (χ3v) is 8.58. The highest BCUT2D eigenvalue weighted by Gasteiger charge is 2.31. The first-order valence-electron chi connectivity index (χ1n) is 15.3. The van der Waals surface area contributed by atoms with Crippen molar-refractivity contribution in [2.75, 3.05) is 5.32 Å². The van der Waals surface area contributed by atoms with E-state index in [0.29, 0.717) is 29.1 Å². The van der Waals surface area contributed by atoms with Crippen molar-refractivity contribution in [3.8, 4) is 0 Å². The van der Waals surface area contributed by atoms with Crippen LogP contribution in [-0.2, 0) is 17.7 Å². The summed E-state index contributed by atoms with van der Waals surface area (Å²) in [5.74, 6) is -4.45. The monoisotopic (exact) mass is 687 g/mol. The Hall–Kier alpha value is -5.57. The third kappa shape index (κ3) is 7.02. The fourth-order valence-corrected chi connectivity index (χ4v) is 6.11. The quantitative estimate of drug-likeness (QED) is 0.185. The maximum atomic E-state index is 13.9. The minimum Gasteiger partial charge on any atom is -0.456 e. The van der Waals surface area contributed by atoms with Gasteiger partial charge in [-0.05, 0) is 81.0 Å². The fraction of sp³-hybridized carbons (Fsp3) is 0.265. The van der Waals surface area contributed by atoms with Gasteiger partial charge in [-0.15, -0.1) is 11.3 Å². The van der Waals surface area contributed by atoms with E-state index in [4.69, 9.17) is 4.74 Å². The fourth-order valence-electron chi connectivity index (χ4n) is 5.59. The van der Waals surface area contributed by atoms with Gasteiger partial charge in [0, 0.05) is 24.2 Å². The zero-order chi connectivity index (χ0) is 35.0. The van der Waals surface area contributed by atoms with Crippen LogP contribution in [0.25, 0.3) is 5.65 Å². The van der Waals surface area contributed by atoms with Crippen LogP contribution in [0.15, 0.2) is 54.2 Å². The molecule has 0 unspecified atom stereocenters. The second-order valence-electron chi connectivity index (χ2n) is 12.4. The Morgan fingerprint density at radius 2 is 1.82 bits per heavy atom. The summed E-state index contributed by atoms with van der Waals surface area (Å²) in [6, 6.07) is 7.53. The molecular weight excluding hydrogens is 656 g/mol. The van der Waals surface area contributed by atoms with Crippen molar-refractivity contribution in [1.29, 1.82) is 0 Å². The molecule has 1 atom stereocenters. The van der Waals surface area contributed by atoms with Gasteiger partial charge in [-0.25, -0.2) is 28.1 Å². The number of carbonyl (C=O) groups is 4. The number of halogens is 2. The number of esters is 1. The van der Waals surface area contributed by atoms with Gasteiger partial charge >= 0.3 is 5.97 Å². The molecule has 3 heterocycles. The highest BCUT2D eigenvalue weighted by atomic mass is 32.1. The highest BCUT2D eigenvalue weighted by Crippen LogP contribution is 2.35. The van der Waals surface area contributed by atoms with Crippen molar-refractivity contribution < 1.29 is 32.7 Å². The predicted molar refractivity (Wildman–Crippen MR) is 175 cm³/mol. The Morgan fingerprint density at radius 3 is 2.53 bits per heavy atom. The molecule has 5 aromatic rings. The van der Waals surface area contributed by atoms with Crippen molar-refractivity contribution in [2.24, 2.45) is 0 Å². The summed E-state index contributed by atoms with van der Waals surface area (Å²) in [6.45, 7) is 7.08. The van der Waals surface area contributed by atoms with E-state index in [0.717, 1.165) is 28.8 Å². The Bertz CT molecular complexity index is 2130. The zero-order valence-electron chi connectivity index (χ0n) is 26.9. The second-order valence-corrected chi connectivity index (χ2v) is 13.3. The lowest BCUT2D eigenvalue weighted by Crippen LogP contribution is -2.31. The minimum absolute atomic E-state index is 0.0176. The molecule has 1 aliphatic rings. The van der Waals surface area contributed by atoms with Gasteiger partial charge in [-0.1, -0.05) is 12.1 Å². The van der Waals surface area contributed by atoms with Crippen LogP contribution < -0.4 is 16.0 Å². The Balaban J connectivity index is 1.30. The molecule has 0 saturated carbocycles. The number of benzene rings is 2. The lowest BCUT2D eigenvalue weighted by atomic mass is 9.97. The molecule has 0 saturated heterocycles. The second kappa shape index (κ2) is 13.1. The molecule has 49 heavy (non-hydrogen) atoms. The average Bonchev–Trinajstić information content (AvgIpc) is 3.81. The van der Waals surface area contributed by atoms with Gasteiger partial charge in [-0.2, -0.15) is 5.10 Å². The molecule has 6 rings (SSSR count). The SMILES string of the molecule is Cc1c(C(=O)OC(C)(C)C)ccc2c1CC[C@@H]2NC(=O)c1cc(C(=O)NCc2ccc(F)c(F)c2)nc2c(C(=O)Nc3nccs3)cnn12. The van der Waals surface area contributed by atoms with Crippen molar-refractivity contribution in [3.05, 3.63) is 111 Å². The predicted octanol–water partition coefficient (Wildman–Crippen LogP) is 5.33. The summed E-state index contributed by atoms with van der Waals surface area (Å²) in [5, 5.41) is 14.5. The number of nitrogens with one attached hydrogen (secondary N) is 3. The number of aromatic nitrogens is 4. The zero-order valence-corrected chi connectivity index (χ0v) is 27.7. The summed E-state index contributed by atoms with van der Waals surface area (Å²) in [7, 11) is 0. The standard InChI is InChI=1S/C34H31F2N7O5S/c1-17-19-8-10-25(21(19)7-6-20(17)32(47)48-34(2,3)4)41-31(46)27-14-26(30(45)38-15-18-5-9-23(35)24(36)13-18)40-28-22(16-39-43(27)28)29(44)42-33-37-11-12-49-33/h5-7,9,11-14,16,25H,8,10,15H2,1-4H3,(H,38,45)(H,41,46)(H,37,42,44)/t25-/m0/s1. The molecule has 252 valence electrons. The van der Waals surface area contributed by atoms with E-state index in [2.05, 4.69) is 31.0 Å². The Kier molecular flexibility index (Phi) is 8.94. The first kappa shape index (κ1) is 33.3.